The number of hydrogen-bond acceptors (Lipinski definition) is 4. The van der Waals surface area contributed by atoms with E-state index >= 15 is 0 Å². The molecular formula is C12H23N3O. The van der Waals surface area contributed by atoms with Gasteiger partial charge >= 0.3 is 0 Å². The van der Waals surface area contributed by atoms with Gasteiger partial charge in [-0.15, -0.1) is 10.2 Å². The van der Waals surface area contributed by atoms with Crippen molar-refractivity contribution in [2.24, 2.45) is 0 Å². The quantitative estimate of drug-likeness (QED) is 0.775. The van der Waals surface area contributed by atoms with Crippen molar-refractivity contribution in [1.29, 1.82) is 0 Å². The van der Waals surface area contributed by atoms with E-state index in [1.807, 2.05) is 14.0 Å². The van der Waals surface area contributed by atoms with Gasteiger partial charge in [0.15, 0.2) is 0 Å². The van der Waals surface area contributed by atoms with Gasteiger partial charge in [-0.1, -0.05) is 26.7 Å². The maximum Gasteiger partial charge on any atom is 0.233 e. The summed E-state index contributed by atoms with van der Waals surface area (Å²) in [5.74, 6) is 1.91. The Morgan fingerprint density at radius 3 is 2.50 bits per heavy atom. The van der Waals surface area contributed by atoms with Crippen LogP contribution >= 0.6 is 0 Å². The van der Waals surface area contributed by atoms with Gasteiger partial charge in [-0.25, -0.2) is 0 Å². The van der Waals surface area contributed by atoms with Crippen LogP contribution in [0.1, 0.15) is 70.2 Å². The van der Waals surface area contributed by atoms with Crippen molar-refractivity contribution in [2.75, 3.05) is 7.05 Å². The number of nitrogens with zero attached hydrogens (tertiary/aromatic N) is 2. The summed E-state index contributed by atoms with van der Waals surface area (Å²) in [5, 5.41) is 11.3. The van der Waals surface area contributed by atoms with Gasteiger partial charge in [-0.3, -0.25) is 0 Å². The molecule has 92 valence electrons. The van der Waals surface area contributed by atoms with Crippen LogP contribution in [0.4, 0.5) is 0 Å². The highest BCUT2D eigenvalue weighted by molar-refractivity contribution is 4.93. The van der Waals surface area contributed by atoms with E-state index in [2.05, 4.69) is 29.4 Å². The Hall–Kier alpha value is -0.900. The monoisotopic (exact) mass is 225 g/mol. The maximum atomic E-state index is 5.70. The lowest BCUT2D eigenvalue weighted by molar-refractivity contribution is 0.368. The molecule has 0 saturated heterocycles. The summed E-state index contributed by atoms with van der Waals surface area (Å²) in [5.41, 5.74) is 0. The number of unbranched alkanes of at least 4 members (excludes halogenated alkanes) is 1. The highest BCUT2D eigenvalue weighted by Crippen LogP contribution is 2.25. The minimum atomic E-state index is 0.130. The molecule has 4 nitrogen and oxygen atoms in total. The molecule has 0 aliphatic rings. The molecule has 0 aliphatic heterocycles. The van der Waals surface area contributed by atoms with Crippen molar-refractivity contribution in [1.82, 2.24) is 15.5 Å². The summed E-state index contributed by atoms with van der Waals surface area (Å²) in [6, 6.07) is 0.130. The van der Waals surface area contributed by atoms with E-state index in [4.69, 9.17) is 4.42 Å². The first-order valence-corrected chi connectivity index (χ1v) is 6.23. The largest absolute Gasteiger partial charge is 0.423 e. The summed E-state index contributed by atoms with van der Waals surface area (Å²) in [7, 11) is 1.89. The molecule has 1 rings (SSSR count). The predicted octanol–water partition coefficient (Wildman–Crippen LogP) is 3.03. The van der Waals surface area contributed by atoms with Gasteiger partial charge < -0.3 is 9.73 Å². The second-order valence-corrected chi connectivity index (χ2v) is 4.24. The highest BCUT2D eigenvalue weighted by atomic mass is 16.4. The van der Waals surface area contributed by atoms with E-state index in [1.165, 1.54) is 12.8 Å². The number of rotatable bonds is 7. The Bertz CT molecular complexity index is 298. The van der Waals surface area contributed by atoms with Gasteiger partial charge in [0.05, 0.1) is 6.04 Å². The molecule has 0 spiro atoms. The van der Waals surface area contributed by atoms with Gasteiger partial charge in [0.1, 0.15) is 0 Å². The van der Waals surface area contributed by atoms with Gasteiger partial charge in [0.25, 0.3) is 0 Å². The minimum absolute atomic E-state index is 0.130. The number of nitrogens with one attached hydrogen (secondary N) is 1. The van der Waals surface area contributed by atoms with E-state index in [-0.39, 0.29) is 6.04 Å². The Morgan fingerprint density at radius 2 is 1.94 bits per heavy atom. The van der Waals surface area contributed by atoms with E-state index < -0.39 is 0 Å². The van der Waals surface area contributed by atoms with Crippen molar-refractivity contribution in [3.8, 4) is 0 Å². The fourth-order valence-electron chi connectivity index (χ4n) is 1.66. The van der Waals surface area contributed by atoms with Gasteiger partial charge in [0.2, 0.25) is 11.8 Å². The summed E-state index contributed by atoms with van der Waals surface area (Å²) in [6.45, 7) is 6.39. The molecule has 1 aromatic heterocycles. The lowest BCUT2D eigenvalue weighted by Gasteiger charge is -2.09. The first kappa shape index (κ1) is 13.2. The molecule has 0 aliphatic carbocycles. The zero-order valence-corrected chi connectivity index (χ0v) is 10.8. The van der Waals surface area contributed by atoms with Gasteiger partial charge in [-0.2, -0.15) is 0 Å². The Balaban J connectivity index is 2.66. The van der Waals surface area contributed by atoms with Gasteiger partial charge in [-0.05, 0) is 26.8 Å². The van der Waals surface area contributed by atoms with Crippen molar-refractivity contribution in [3.63, 3.8) is 0 Å². The molecule has 4 heteroatoms. The molecule has 0 bridgehead atoms. The van der Waals surface area contributed by atoms with Crippen LogP contribution in [0, 0.1) is 0 Å². The Morgan fingerprint density at radius 1 is 1.25 bits per heavy atom. The van der Waals surface area contributed by atoms with Crippen LogP contribution in [0.25, 0.3) is 0 Å². The average Bonchev–Trinajstić information content (AvgIpc) is 2.78. The first-order valence-electron chi connectivity index (χ1n) is 6.23. The lowest BCUT2D eigenvalue weighted by Crippen LogP contribution is -2.12. The third-order valence-electron chi connectivity index (χ3n) is 3.01. The highest BCUT2D eigenvalue weighted by Gasteiger charge is 2.18. The van der Waals surface area contributed by atoms with Crippen LogP contribution in [-0.4, -0.2) is 17.2 Å². The van der Waals surface area contributed by atoms with Crippen LogP contribution in [0.5, 0.6) is 0 Å². The second-order valence-electron chi connectivity index (χ2n) is 4.24. The van der Waals surface area contributed by atoms with Gasteiger partial charge in [0, 0.05) is 5.92 Å². The van der Waals surface area contributed by atoms with Crippen LogP contribution in [-0.2, 0) is 0 Å². The second kappa shape index (κ2) is 6.63. The third-order valence-corrected chi connectivity index (χ3v) is 3.01. The zero-order chi connectivity index (χ0) is 12.0. The summed E-state index contributed by atoms with van der Waals surface area (Å²) in [6.07, 6.45) is 4.64. The molecule has 0 amide bonds. The molecule has 16 heavy (non-hydrogen) atoms. The molecule has 1 heterocycles. The normalized spacial score (nSPS) is 15.0. The van der Waals surface area contributed by atoms with Crippen molar-refractivity contribution < 1.29 is 4.42 Å². The third kappa shape index (κ3) is 3.30. The zero-order valence-electron chi connectivity index (χ0n) is 10.8. The SMILES string of the molecule is CCCCC(CC)c1nnc(C(C)NC)o1. The van der Waals surface area contributed by atoms with Crippen LogP contribution < -0.4 is 5.32 Å². The van der Waals surface area contributed by atoms with Crippen molar-refractivity contribution >= 4 is 0 Å². The molecule has 2 atom stereocenters. The standard InChI is InChI=1S/C12H23N3O/c1-5-7-8-10(6-2)12-15-14-11(16-12)9(3)13-4/h9-10,13H,5-8H2,1-4H3. The van der Waals surface area contributed by atoms with Crippen LogP contribution in [0.2, 0.25) is 0 Å². The minimum Gasteiger partial charge on any atom is -0.423 e. The molecule has 0 saturated carbocycles. The molecule has 2 unspecified atom stereocenters. The molecule has 1 N–H and O–H groups in total. The molecule has 0 aromatic carbocycles. The summed E-state index contributed by atoms with van der Waals surface area (Å²) >= 11 is 0. The average molecular weight is 225 g/mol. The molecular weight excluding hydrogens is 202 g/mol. The fraction of sp³-hybridized carbons (Fsp3) is 0.833. The van der Waals surface area contributed by atoms with Crippen molar-refractivity contribution in [3.05, 3.63) is 11.8 Å². The number of hydrogen-bond donors (Lipinski definition) is 1. The smallest absolute Gasteiger partial charge is 0.233 e. The van der Waals surface area contributed by atoms with Crippen molar-refractivity contribution in [2.45, 2.75) is 58.4 Å². The molecule has 0 fully saturated rings. The summed E-state index contributed by atoms with van der Waals surface area (Å²) < 4.78 is 5.70. The molecule has 1 aromatic rings. The fourth-order valence-corrected chi connectivity index (χ4v) is 1.66. The lowest BCUT2D eigenvalue weighted by atomic mass is 10.00. The Labute approximate surface area is 97.8 Å². The summed E-state index contributed by atoms with van der Waals surface area (Å²) in [4.78, 5) is 0. The van der Waals surface area contributed by atoms with E-state index in [0.717, 1.165) is 18.7 Å². The predicted molar refractivity (Wildman–Crippen MR) is 64.3 cm³/mol. The van der Waals surface area contributed by atoms with Crippen LogP contribution in [0.15, 0.2) is 4.42 Å². The van der Waals surface area contributed by atoms with Crippen LogP contribution in [0.3, 0.4) is 0 Å². The first-order chi connectivity index (χ1) is 7.72. The number of aromatic nitrogens is 2. The Kier molecular flexibility index (Phi) is 5.46. The van der Waals surface area contributed by atoms with E-state index in [0.29, 0.717) is 11.8 Å². The topological polar surface area (TPSA) is 51.0 Å². The van der Waals surface area contributed by atoms with E-state index in [1.54, 1.807) is 0 Å². The van der Waals surface area contributed by atoms with E-state index in [9.17, 15) is 0 Å². The molecule has 0 radical (unpaired) electrons. The maximum absolute atomic E-state index is 5.70.